The normalized spacial score (nSPS) is 9.65. The molecule has 0 saturated heterocycles. The van der Waals surface area contributed by atoms with Crippen LogP contribution in [0.15, 0.2) is 65.9 Å². The van der Waals surface area contributed by atoms with Crippen LogP contribution in [0.5, 0.6) is 0 Å². The molecule has 4 nitrogen and oxygen atoms in total. The Labute approximate surface area is 98.4 Å². The monoisotopic (exact) mass is 226 g/mol. The number of rotatable bonds is 3. The maximum atomic E-state index is 12.0. The lowest BCUT2D eigenvalue weighted by molar-refractivity contribution is 0.0987. The van der Waals surface area contributed by atoms with Gasteiger partial charge in [-0.2, -0.15) is 5.01 Å². The maximum Gasteiger partial charge on any atom is 0.281 e. The molecule has 0 radical (unpaired) electrons. The third-order valence-corrected chi connectivity index (χ3v) is 2.30. The summed E-state index contributed by atoms with van der Waals surface area (Å²) in [6, 6.07) is 17.2. The third-order valence-electron chi connectivity index (χ3n) is 2.30. The molecule has 0 spiro atoms. The standard InChI is InChI=1S/C13H10N2O2/c16-13(11-7-3-1-4-8-11)15(14-17)12-9-5-2-6-10-12/h1-10H. The first-order valence-electron chi connectivity index (χ1n) is 5.11. The fourth-order valence-corrected chi connectivity index (χ4v) is 1.47. The second-order valence-corrected chi connectivity index (χ2v) is 3.40. The lowest BCUT2D eigenvalue weighted by atomic mass is 10.2. The van der Waals surface area contributed by atoms with E-state index < -0.39 is 5.91 Å². The SMILES string of the molecule is O=NN(C(=O)c1ccccc1)c1ccccc1. The van der Waals surface area contributed by atoms with Crippen molar-refractivity contribution >= 4 is 11.6 Å². The molecule has 0 atom stereocenters. The highest BCUT2D eigenvalue weighted by atomic mass is 16.3. The summed E-state index contributed by atoms with van der Waals surface area (Å²) in [5.74, 6) is -0.438. The van der Waals surface area contributed by atoms with Crippen LogP contribution in [0.4, 0.5) is 5.69 Å². The predicted molar refractivity (Wildman–Crippen MR) is 65.5 cm³/mol. The summed E-state index contributed by atoms with van der Waals surface area (Å²) in [6.45, 7) is 0. The molecule has 17 heavy (non-hydrogen) atoms. The minimum atomic E-state index is -0.438. The number of carbonyl (C=O) groups excluding carboxylic acids is 1. The van der Waals surface area contributed by atoms with Gasteiger partial charge in [0.05, 0.1) is 11.0 Å². The number of benzene rings is 2. The van der Waals surface area contributed by atoms with Crippen LogP contribution in [0.1, 0.15) is 10.4 Å². The van der Waals surface area contributed by atoms with E-state index >= 15 is 0 Å². The van der Waals surface area contributed by atoms with Crippen molar-refractivity contribution in [2.24, 2.45) is 5.29 Å². The van der Waals surface area contributed by atoms with E-state index in [4.69, 9.17) is 0 Å². The van der Waals surface area contributed by atoms with E-state index in [2.05, 4.69) is 5.29 Å². The van der Waals surface area contributed by atoms with Crippen molar-refractivity contribution in [1.29, 1.82) is 0 Å². The van der Waals surface area contributed by atoms with Crippen LogP contribution in [-0.2, 0) is 0 Å². The average Bonchev–Trinajstić information content (AvgIpc) is 2.42. The van der Waals surface area contributed by atoms with Crippen molar-refractivity contribution in [3.8, 4) is 0 Å². The van der Waals surface area contributed by atoms with Crippen molar-refractivity contribution in [3.05, 3.63) is 71.1 Å². The molecule has 1 amide bonds. The van der Waals surface area contributed by atoms with Gasteiger partial charge in [-0.15, -0.1) is 4.91 Å². The Morgan fingerprint density at radius 2 is 1.41 bits per heavy atom. The van der Waals surface area contributed by atoms with Crippen LogP contribution >= 0.6 is 0 Å². The minimum absolute atomic E-state index is 0.427. The molecular formula is C13H10N2O2. The molecule has 2 aromatic rings. The second-order valence-electron chi connectivity index (χ2n) is 3.40. The average molecular weight is 226 g/mol. The molecule has 84 valence electrons. The molecule has 0 bridgehead atoms. The second kappa shape index (κ2) is 5.03. The van der Waals surface area contributed by atoms with Gasteiger partial charge in [0.15, 0.2) is 0 Å². The van der Waals surface area contributed by atoms with Crippen molar-refractivity contribution in [1.82, 2.24) is 0 Å². The van der Waals surface area contributed by atoms with Gasteiger partial charge in [0, 0.05) is 5.56 Å². The topological polar surface area (TPSA) is 49.7 Å². The zero-order valence-electron chi connectivity index (χ0n) is 8.98. The van der Waals surface area contributed by atoms with Crippen LogP contribution in [0.25, 0.3) is 0 Å². The molecule has 4 heteroatoms. The quantitative estimate of drug-likeness (QED) is 0.596. The number of hydrogen-bond donors (Lipinski definition) is 0. The van der Waals surface area contributed by atoms with Gasteiger partial charge in [-0.25, -0.2) is 0 Å². The zero-order valence-corrected chi connectivity index (χ0v) is 8.98. The highest BCUT2D eigenvalue weighted by Gasteiger charge is 2.17. The van der Waals surface area contributed by atoms with Gasteiger partial charge >= 0.3 is 0 Å². The summed E-state index contributed by atoms with van der Waals surface area (Å²) in [5.41, 5.74) is 0.882. The Kier molecular flexibility index (Phi) is 3.25. The van der Waals surface area contributed by atoms with E-state index in [-0.39, 0.29) is 0 Å². The number of hydrogen-bond acceptors (Lipinski definition) is 3. The molecule has 0 unspecified atom stereocenters. The lowest BCUT2D eigenvalue weighted by Crippen LogP contribution is -2.24. The van der Waals surface area contributed by atoms with Gasteiger partial charge in [0.1, 0.15) is 0 Å². The van der Waals surface area contributed by atoms with E-state index in [1.54, 1.807) is 60.7 Å². The lowest BCUT2D eigenvalue weighted by Gasteiger charge is -2.12. The van der Waals surface area contributed by atoms with Gasteiger partial charge in [0.2, 0.25) is 0 Å². The molecule has 0 aromatic heterocycles. The molecule has 0 N–H and O–H groups in total. The summed E-state index contributed by atoms with van der Waals surface area (Å²) >= 11 is 0. The smallest absolute Gasteiger partial charge is 0.267 e. The van der Waals surface area contributed by atoms with Crippen molar-refractivity contribution in [2.45, 2.75) is 0 Å². The summed E-state index contributed by atoms with van der Waals surface area (Å²) in [5, 5.41) is 3.61. The molecule has 0 aliphatic carbocycles. The Bertz CT molecular complexity index is 511. The van der Waals surface area contributed by atoms with E-state index in [1.165, 1.54) is 0 Å². The summed E-state index contributed by atoms with van der Waals surface area (Å²) in [4.78, 5) is 22.8. The molecule has 0 aliphatic rings. The first kappa shape index (κ1) is 11.0. The van der Waals surface area contributed by atoms with Gasteiger partial charge in [-0.1, -0.05) is 36.4 Å². The molecule has 2 aromatic carbocycles. The number of amides is 1. The largest absolute Gasteiger partial charge is 0.281 e. The van der Waals surface area contributed by atoms with Gasteiger partial charge in [0.25, 0.3) is 5.91 Å². The number of nitrogens with zero attached hydrogens (tertiary/aromatic N) is 2. The number of nitroso groups, excluding NO2 is 1. The summed E-state index contributed by atoms with van der Waals surface area (Å²) in [7, 11) is 0. The van der Waals surface area contributed by atoms with Crippen LogP contribution in [0.3, 0.4) is 0 Å². The molecule has 0 aliphatic heterocycles. The van der Waals surface area contributed by atoms with Crippen LogP contribution in [0.2, 0.25) is 0 Å². The fourth-order valence-electron chi connectivity index (χ4n) is 1.47. The Hall–Kier alpha value is -2.49. The Morgan fingerprint density at radius 1 is 0.882 bits per heavy atom. The highest BCUT2D eigenvalue weighted by molar-refractivity contribution is 6.05. The Balaban J connectivity index is 2.32. The molecule has 0 fully saturated rings. The van der Waals surface area contributed by atoms with E-state index in [9.17, 15) is 9.70 Å². The van der Waals surface area contributed by atoms with E-state index in [1.807, 2.05) is 0 Å². The van der Waals surface area contributed by atoms with Crippen LogP contribution < -0.4 is 5.01 Å². The number of anilines is 1. The van der Waals surface area contributed by atoms with Crippen molar-refractivity contribution < 1.29 is 4.79 Å². The summed E-state index contributed by atoms with van der Waals surface area (Å²) < 4.78 is 0. The number of para-hydroxylation sites is 1. The zero-order chi connectivity index (χ0) is 12.1. The fraction of sp³-hybridized carbons (Fsp3) is 0. The third kappa shape index (κ3) is 2.36. The van der Waals surface area contributed by atoms with Crippen LogP contribution in [-0.4, -0.2) is 5.91 Å². The highest BCUT2D eigenvalue weighted by Crippen LogP contribution is 2.16. The van der Waals surface area contributed by atoms with Crippen molar-refractivity contribution in [2.75, 3.05) is 5.01 Å². The predicted octanol–water partition coefficient (Wildman–Crippen LogP) is 3.01. The molecule has 2 rings (SSSR count). The maximum absolute atomic E-state index is 12.0. The van der Waals surface area contributed by atoms with Crippen molar-refractivity contribution in [3.63, 3.8) is 0 Å². The Morgan fingerprint density at radius 3 is 1.94 bits per heavy atom. The van der Waals surface area contributed by atoms with Crippen LogP contribution in [0, 0.1) is 4.91 Å². The van der Waals surface area contributed by atoms with E-state index in [0.29, 0.717) is 11.3 Å². The first-order chi connectivity index (χ1) is 8.33. The number of carbonyl (C=O) groups is 1. The van der Waals surface area contributed by atoms with E-state index in [0.717, 1.165) is 5.01 Å². The summed E-state index contributed by atoms with van der Waals surface area (Å²) in [6.07, 6.45) is 0. The van der Waals surface area contributed by atoms with Gasteiger partial charge in [-0.3, -0.25) is 4.79 Å². The molecular weight excluding hydrogens is 216 g/mol. The first-order valence-corrected chi connectivity index (χ1v) is 5.11. The molecule has 0 heterocycles. The van der Waals surface area contributed by atoms with Gasteiger partial charge < -0.3 is 0 Å². The van der Waals surface area contributed by atoms with Gasteiger partial charge in [-0.05, 0) is 24.3 Å². The minimum Gasteiger partial charge on any atom is -0.267 e. The molecule has 0 saturated carbocycles.